The quantitative estimate of drug-likeness (QED) is 0.853. The summed E-state index contributed by atoms with van der Waals surface area (Å²) >= 11 is 0. The first-order valence-corrected chi connectivity index (χ1v) is 10.3. The van der Waals surface area contributed by atoms with Crippen LogP contribution in [0.3, 0.4) is 0 Å². The van der Waals surface area contributed by atoms with E-state index in [9.17, 15) is 13.2 Å². The summed E-state index contributed by atoms with van der Waals surface area (Å²) in [5.74, 6) is 0.385. The van der Waals surface area contributed by atoms with Crippen molar-refractivity contribution in [3.8, 4) is 17.2 Å². The highest BCUT2D eigenvalue weighted by atomic mass is 32.2. The maximum atomic E-state index is 12.9. The number of rotatable bonds is 4. The Bertz CT molecular complexity index is 1230. The molecule has 4 rings (SSSR count). The standard InChI is InChI=1S/C19H17N5O3S/c1-12-18(14-4-2-13(10-20)3-5-14)19(25)24(22-12)17-9-6-15(11-21-17)23-28(26,27)16-7-8-16/h2-5,9,11,16,22H,6-8H2,1H3. The molecule has 0 spiro atoms. The zero-order chi connectivity index (χ0) is 19.9. The van der Waals surface area contributed by atoms with Crippen LogP contribution in [0.2, 0.25) is 0 Å². The van der Waals surface area contributed by atoms with Crippen LogP contribution in [0.15, 0.2) is 44.5 Å². The van der Waals surface area contributed by atoms with Gasteiger partial charge in [0.05, 0.1) is 34.4 Å². The first kappa shape index (κ1) is 18.1. The highest BCUT2D eigenvalue weighted by Gasteiger charge is 2.35. The molecule has 0 amide bonds. The molecule has 142 valence electrons. The highest BCUT2D eigenvalue weighted by Crippen LogP contribution is 2.30. The van der Waals surface area contributed by atoms with E-state index in [2.05, 4.69) is 14.5 Å². The number of nitriles is 1. The van der Waals surface area contributed by atoms with E-state index in [4.69, 9.17) is 5.26 Å². The van der Waals surface area contributed by atoms with Crippen LogP contribution in [0, 0.1) is 18.3 Å². The first-order chi connectivity index (χ1) is 13.4. The van der Waals surface area contributed by atoms with Gasteiger partial charge in [-0.05, 0) is 43.5 Å². The van der Waals surface area contributed by atoms with Crippen molar-refractivity contribution >= 4 is 27.8 Å². The molecule has 0 radical (unpaired) electrons. The SMILES string of the molecule is Cc1[nH]n(C2=CCC(=NS(=O)(=O)C3CC3)C=N2)c(=O)c1-c1ccc(C#N)cc1. The lowest BCUT2D eigenvalue weighted by molar-refractivity contribution is 0.597. The van der Waals surface area contributed by atoms with Gasteiger partial charge in [0.1, 0.15) is 0 Å². The molecule has 1 fully saturated rings. The van der Waals surface area contributed by atoms with Crippen molar-refractivity contribution in [2.75, 3.05) is 0 Å². The van der Waals surface area contributed by atoms with Gasteiger partial charge in [0, 0.05) is 12.1 Å². The normalized spacial score (nSPS) is 18.1. The fourth-order valence-electron chi connectivity index (χ4n) is 3.01. The maximum Gasteiger partial charge on any atom is 0.280 e. The predicted octanol–water partition coefficient (Wildman–Crippen LogP) is 2.23. The highest BCUT2D eigenvalue weighted by molar-refractivity contribution is 7.91. The number of hydrogen-bond acceptors (Lipinski definition) is 5. The van der Waals surface area contributed by atoms with Crippen LogP contribution in [0.5, 0.6) is 0 Å². The fourth-order valence-corrected chi connectivity index (χ4v) is 4.34. The Balaban J connectivity index is 1.63. The second-order valence-electron chi connectivity index (χ2n) is 6.76. The Morgan fingerprint density at radius 2 is 2.00 bits per heavy atom. The second-order valence-corrected chi connectivity index (χ2v) is 8.64. The minimum atomic E-state index is -3.45. The molecule has 1 N–H and O–H groups in total. The van der Waals surface area contributed by atoms with Crippen molar-refractivity contribution in [3.63, 3.8) is 0 Å². The van der Waals surface area contributed by atoms with E-state index >= 15 is 0 Å². The summed E-state index contributed by atoms with van der Waals surface area (Å²) in [6, 6.07) is 8.83. The second kappa shape index (κ2) is 6.73. The van der Waals surface area contributed by atoms with Gasteiger partial charge in [-0.1, -0.05) is 12.1 Å². The van der Waals surface area contributed by atoms with E-state index in [1.165, 1.54) is 10.9 Å². The molecule has 0 atom stereocenters. The number of hydrogen-bond donors (Lipinski definition) is 1. The zero-order valence-electron chi connectivity index (χ0n) is 15.1. The number of aromatic amines is 1. The predicted molar refractivity (Wildman–Crippen MR) is 107 cm³/mol. The van der Waals surface area contributed by atoms with Crippen LogP contribution in [0.25, 0.3) is 16.9 Å². The van der Waals surface area contributed by atoms with Gasteiger partial charge in [-0.2, -0.15) is 9.66 Å². The maximum absolute atomic E-state index is 12.9. The number of allylic oxidation sites excluding steroid dienone is 1. The Hall–Kier alpha value is -3.25. The number of nitrogens with zero attached hydrogens (tertiary/aromatic N) is 4. The monoisotopic (exact) mass is 395 g/mol. The minimum absolute atomic E-state index is 0.267. The summed E-state index contributed by atoms with van der Waals surface area (Å²) in [7, 11) is -3.45. The van der Waals surface area contributed by atoms with Crippen molar-refractivity contribution in [2.24, 2.45) is 9.39 Å². The third-order valence-corrected chi connectivity index (χ3v) is 6.44. The number of benzene rings is 1. The smallest absolute Gasteiger partial charge is 0.280 e. The molecule has 0 unspecified atom stereocenters. The van der Waals surface area contributed by atoms with Gasteiger partial charge in [0.25, 0.3) is 15.6 Å². The summed E-state index contributed by atoms with van der Waals surface area (Å²) in [6.07, 6.45) is 4.65. The van der Waals surface area contributed by atoms with Gasteiger partial charge in [-0.3, -0.25) is 9.89 Å². The molecule has 28 heavy (non-hydrogen) atoms. The zero-order valence-corrected chi connectivity index (χ0v) is 15.9. The van der Waals surface area contributed by atoms with E-state index in [-0.39, 0.29) is 17.2 Å². The van der Waals surface area contributed by atoms with Gasteiger partial charge in [-0.15, -0.1) is 0 Å². The summed E-state index contributed by atoms with van der Waals surface area (Å²) in [5, 5.41) is 11.6. The molecule has 1 aliphatic heterocycles. The number of aryl methyl sites for hydroxylation is 1. The third-order valence-electron chi connectivity index (χ3n) is 4.63. The van der Waals surface area contributed by atoms with Crippen LogP contribution in [-0.2, 0) is 10.0 Å². The molecule has 1 aromatic carbocycles. The Labute approximate surface area is 161 Å². The van der Waals surface area contributed by atoms with E-state index in [1.807, 2.05) is 6.07 Å². The van der Waals surface area contributed by atoms with Crippen molar-refractivity contribution in [1.82, 2.24) is 9.78 Å². The van der Waals surface area contributed by atoms with Crippen molar-refractivity contribution < 1.29 is 8.42 Å². The molecule has 2 aliphatic rings. The average Bonchev–Trinajstić information content (AvgIpc) is 3.49. The van der Waals surface area contributed by atoms with E-state index in [1.54, 1.807) is 37.3 Å². The van der Waals surface area contributed by atoms with Gasteiger partial charge in [0.15, 0.2) is 5.82 Å². The number of aromatic nitrogens is 2. The van der Waals surface area contributed by atoms with Crippen LogP contribution in [0.1, 0.15) is 30.5 Å². The molecule has 1 aliphatic carbocycles. The Kier molecular flexibility index (Phi) is 4.35. The Morgan fingerprint density at radius 3 is 2.57 bits per heavy atom. The van der Waals surface area contributed by atoms with Crippen LogP contribution in [0.4, 0.5) is 0 Å². The van der Waals surface area contributed by atoms with Gasteiger partial charge >= 0.3 is 0 Å². The van der Waals surface area contributed by atoms with Gasteiger partial charge in [0.2, 0.25) is 0 Å². The number of H-pyrrole nitrogens is 1. The molecule has 0 saturated heterocycles. The summed E-state index contributed by atoms with van der Waals surface area (Å²) in [6.45, 7) is 1.79. The van der Waals surface area contributed by atoms with Crippen LogP contribution in [-0.4, -0.2) is 35.4 Å². The summed E-state index contributed by atoms with van der Waals surface area (Å²) in [5.41, 5.74) is 2.48. The number of nitrogens with one attached hydrogen (secondary N) is 1. The molecule has 8 nitrogen and oxygen atoms in total. The lowest BCUT2D eigenvalue weighted by Crippen LogP contribution is -2.19. The van der Waals surface area contributed by atoms with E-state index in [0.717, 1.165) is 0 Å². The average molecular weight is 395 g/mol. The van der Waals surface area contributed by atoms with Gasteiger partial charge < -0.3 is 0 Å². The van der Waals surface area contributed by atoms with Crippen molar-refractivity contribution in [1.29, 1.82) is 5.26 Å². The molecular formula is C19H17N5O3S. The third kappa shape index (κ3) is 3.34. The Morgan fingerprint density at radius 1 is 1.29 bits per heavy atom. The van der Waals surface area contributed by atoms with Crippen LogP contribution >= 0.6 is 0 Å². The number of sulfonamides is 1. The molecule has 1 aromatic heterocycles. The molecule has 1 saturated carbocycles. The van der Waals surface area contributed by atoms with E-state index < -0.39 is 10.0 Å². The topological polar surface area (TPSA) is 120 Å². The first-order valence-electron chi connectivity index (χ1n) is 8.78. The molecule has 0 bridgehead atoms. The summed E-state index contributed by atoms with van der Waals surface area (Å²) < 4.78 is 29.1. The molecule has 2 aromatic rings. The van der Waals surface area contributed by atoms with Gasteiger partial charge in [-0.25, -0.2) is 18.1 Å². The lowest BCUT2D eigenvalue weighted by atomic mass is 10.1. The minimum Gasteiger partial charge on any atom is -0.293 e. The van der Waals surface area contributed by atoms with Crippen LogP contribution < -0.4 is 5.56 Å². The fraction of sp³-hybridized carbons (Fsp3) is 0.263. The largest absolute Gasteiger partial charge is 0.293 e. The number of aliphatic imine (C=N–C) groups is 1. The molecular weight excluding hydrogens is 378 g/mol. The molecule has 9 heteroatoms. The molecule has 2 heterocycles. The lowest BCUT2D eigenvalue weighted by Gasteiger charge is -2.08. The van der Waals surface area contributed by atoms with Crippen molar-refractivity contribution in [2.45, 2.75) is 31.4 Å². The summed E-state index contributed by atoms with van der Waals surface area (Å²) in [4.78, 5) is 17.1. The van der Waals surface area contributed by atoms with Crippen molar-refractivity contribution in [3.05, 3.63) is 52.0 Å². The van der Waals surface area contributed by atoms with E-state index in [0.29, 0.717) is 46.8 Å².